The standard InChI is InChI=1S/C10H10N2O6.C6H14O/c1-17-9(13)6-11-10(14)18-8-4-2-7(3-5-8)12(15)16;1-5-7-6(2,3)4/h2-5H,6H2,1H3,(H,11,14);5H2,1-4H3. The average molecular weight is 356 g/mol. The zero-order valence-electron chi connectivity index (χ0n) is 15.0. The number of hydrogen-bond acceptors (Lipinski definition) is 7. The number of nitrogens with one attached hydrogen (secondary N) is 1. The number of nitro benzene ring substituents is 1. The number of non-ortho nitro benzene ring substituents is 1. The molecule has 0 saturated carbocycles. The van der Waals surface area contributed by atoms with Crippen molar-refractivity contribution in [1.82, 2.24) is 5.32 Å². The second-order valence-corrected chi connectivity index (χ2v) is 5.62. The van der Waals surface area contributed by atoms with Crippen molar-refractivity contribution >= 4 is 17.7 Å². The molecule has 1 aromatic carbocycles. The number of carbonyl (C=O) groups is 2. The van der Waals surface area contributed by atoms with Gasteiger partial charge in [0, 0.05) is 18.7 Å². The van der Waals surface area contributed by atoms with E-state index in [9.17, 15) is 19.7 Å². The fourth-order valence-corrected chi connectivity index (χ4v) is 1.43. The molecular formula is C16H24N2O7. The van der Waals surface area contributed by atoms with Crippen molar-refractivity contribution in [1.29, 1.82) is 0 Å². The Balaban J connectivity index is 0.000000697. The number of amides is 1. The summed E-state index contributed by atoms with van der Waals surface area (Å²) in [5.41, 5.74) is -0.0632. The third kappa shape index (κ3) is 11.5. The monoisotopic (exact) mass is 356 g/mol. The van der Waals surface area contributed by atoms with E-state index < -0.39 is 17.0 Å². The zero-order valence-corrected chi connectivity index (χ0v) is 15.0. The number of ether oxygens (including phenoxy) is 3. The van der Waals surface area contributed by atoms with Crippen LogP contribution in [-0.2, 0) is 14.3 Å². The van der Waals surface area contributed by atoms with E-state index in [1.165, 1.54) is 31.4 Å². The van der Waals surface area contributed by atoms with Gasteiger partial charge >= 0.3 is 12.1 Å². The number of nitrogens with zero attached hydrogens (tertiary/aromatic N) is 1. The van der Waals surface area contributed by atoms with Gasteiger partial charge in [-0.25, -0.2) is 4.79 Å². The van der Waals surface area contributed by atoms with Gasteiger partial charge in [-0.15, -0.1) is 0 Å². The lowest BCUT2D eigenvalue weighted by Crippen LogP contribution is -2.32. The van der Waals surface area contributed by atoms with Crippen LogP contribution in [0.15, 0.2) is 24.3 Å². The topological polar surface area (TPSA) is 117 Å². The van der Waals surface area contributed by atoms with Crippen molar-refractivity contribution in [3.05, 3.63) is 34.4 Å². The summed E-state index contributed by atoms with van der Waals surface area (Å²) in [6.45, 7) is 8.65. The second-order valence-electron chi connectivity index (χ2n) is 5.62. The van der Waals surface area contributed by atoms with E-state index in [0.29, 0.717) is 0 Å². The highest BCUT2D eigenvalue weighted by Gasteiger charge is 2.09. The van der Waals surface area contributed by atoms with Gasteiger partial charge in [-0.05, 0) is 39.8 Å². The van der Waals surface area contributed by atoms with Crippen LogP contribution in [-0.4, -0.2) is 42.8 Å². The third-order valence-electron chi connectivity index (χ3n) is 2.44. The Morgan fingerprint density at radius 3 is 2.12 bits per heavy atom. The summed E-state index contributed by atoms with van der Waals surface area (Å²) >= 11 is 0. The Hall–Kier alpha value is -2.68. The largest absolute Gasteiger partial charge is 0.468 e. The van der Waals surface area contributed by atoms with Crippen LogP contribution in [0.4, 0.5) is 10.5 Å². The zero-order chi connectivity index (χ0) is 19.5. The number of esters is 1. The summed E-state index contributed by atoms with van der Waals surface area (Å²) in [5.74, 6) is -0.487. The van der Waals surface area contributed by atoms with Crippen LogP contribution in [0.2, 0.25) is 0 Å². The molecule has 0 atom stereocenters. The molecule has 0 fully saturated rings. The molecule has 0 radical (unpaired) electrons. The van der Waals surface area contributed by atoms with Gasteiger partial charge in [-0.3, -0.25) is 14.9 Å². The molecule has 0 unspecified atom stereocenters. The molecule has 1 rings (SSSR count). The van der Waals surface area contributed by atoms with Gasteiger partial charge in [0.05, 0.1) is 17.6 Å². The summed E-state index contributed by atoms with van der Waals surface area (Å²) < 4.78 is 14.3. The van der Waals surface area contributed by atoms with Crippen LogP contribution < -0.4 is 10.1 Å². The molecule has 9 nitrogen and oxygen atoms in total. The smallest absolute Gasteiger partial charge is 0.413 e. The van der Waals surface area contributed by atoms with Crippen molar-refractivity contribution in [2.24, 2.45) is 0 Å². The fourth-order valence-electron chi connectivity index (χ4n) is 1.43. The number of hydrogen-bond donors (Lipinski definition) is 1. The highest BCUT2D eigenvalue weighted by atomic mass is 16.6. The molecule has 140 valence electrons. The van der Waals surface area contributed by atoms with E-state index in [0.717, 1.165) is 6.61 Å². The first-order chi connectivity index (χ1) is 11.6. The quantitative estimate of drug-likeness (QED) is 0.489. The molecule has 0 aliphatic rings. The highest BCUT2D eigenvalue weighted by molar-refractivity contribution is 5.78. The van der Waals surface area contributed by atoms with Gasteiger partial charge in [-0.1, -0.05) is 0 Å². The molecule has 1 aromatic rings. The van der Waals surface area contributed by atoms with Gasteiger partial charge in [0.25, 0.3) is 5.69 Å². The molecule has 9 heteroatoms. The van der Waals surface area contributed by atoms with Crippen molar-refractivity contribution in [2.45, 2.75) is 33.3 Å². The van der Waals surface area contributed by atoms with Gasteiger partial charge in [-0.2, -0.15) is 0 Å². The molecular weight excluding hydrogens is 332 g/mol. The first kappa shape index (κ1) is 22.3. The van der Waals surface area contributed by atoms with E-state index in [2.05, 4.69) is 30.8 Å². The first-order valence-corrected chi connectivity index (χ1v) is 7.50. The lowest BCUT2D eigenvalue weighted by Gasteiger charge is -2.17. The van der Waals surface area contributed by atoms with E-state index in [-0.39, 0.29) is 23.6 Å². The number of nitro groups is 1. The molecule has 0 aliphatic carbocycles. The number of carbonyl (C=O) groups excluding carboxylic acids is 2. The molecule has 0 bridgehead atoms. The summed E-state index contributed by atoms with van der Waals surface area (Å²) in [5, 5.41) is 12.5. The molecule has 0 aliphatic heterocycles. The predicted molar refractivity (Wildman–Crippen MR) is 90.5 cm³/mol. The van der Waals surface area contributed by atoms with Crippen molar-refractivity contribution in [3.63, 3.8) is 0 Å². The van der Waals surface area contributed by atoms with Crippen LogP contribution in [0.3, 0.4) is 0 Å². The summed E-state index contributed by atoms with van der Waals surface area (Å²) in [4.78, 5) is 31.7. The number of methoxy groups -OCH3 is 1. The van der Waals surface area contributed by atoms with E-state index in [1.54, 1.807) is 0 Å². The maximum atomic E-state index is 11.2. The van der Waals surface area contributed by atoms with E-state index >= 15 is 0 Å². The number of rotatable bonds is 5. The average Bonchev–Trinajstić information content (AvgIpc) is 2.52. The Bertz CT molecular complexity index is 565. The minimum Gasteiger partial charge on any atom is -0.468 e. The summed E-state index contributed by atoms with van der Waals surface area (Å²) in [7, 11) is 1.19. The van der Waals surface area contributed by atoms with Crippen LogP contribution in [0.25, 0.3) is 0 Å². The normalized spacial score (nSPS) is 10.1. The van der Waals surface area contributed by atoms with Crippen molar-refractivity contribution < 1.29 is 28.7 Å². The van der Waals surface area contributed by atoms with E-state index in [4.69, 9.17) is 9.47 Å². The summed E-state index contributed by atoms with van der Waals surface area (Å²) in [6.07, 6.45) is -0.853. The SMILES string of the molecule is CCOC(C)(C)C.COC(=O)CNC(=O)Oc1ccc([N+](=O)[O-])cc1. The molecule has 0 spiro atoms. The Kier molecular flexibility index (Phi) is 9.80. The van der Waals surface area contributed by atoms with Crippen LogP contribution in [0, 0.1) is 10.1 Å². The minimum absolute atomic E-state index is 0.0503. The third-order valence-corrected chi connectivity index (χ3v) is 2.44. The fraction of sp³-hybridized carbons (Fsp3) is 0.500. The molecule has 0 saturated heterocycles. The lowest BCUT2D eigenvalue weighted by atomic mass is 10.2. The first-order valence-electron chi connectivity index (χ1n) is 7.50. The van der Waals surface area contributed by atoms with Crippen molar-refractivity contribution in [2.75, 3.05) is 20.3 Å². The predicted octanol–water partition coefficient (Wildman–Crippen LogP) is 2.68. The van der Waals surface area contributed by atoms with Crippen LogP contribution in [0.1, 0.15) is 27.7 Å². The second kappa shape index (κ2) is 11.0. The van der Waals surface area contributed by atoms with Gasteiger partial charge < -0.3 is 19.5 Å². The number of benzene rings is 1. The molecule has 25 heavy (non-hydrogen) atoms. The van der Waals surface area contributed by atoms with Gasteiger partial charge in [0.15, 0.2) is 0 Å². The minimum atomic E-state index is -0.853. The maximum Gasteiger partial charge on any atom is 0.413 e. The van der Waals surface area contributed by atoms with E-state index in [1.807, 2.05) is 6.92 Å². The molecule has 0 aromatic heterocycles. The Morgan fingerprint density at radius 2 is 1.76 bits per heavy atom. The molecule has 1 N–H and O–H groups in total. The van der Waals surface area contributed by atoms with Gasteiger partial charge in [0.1, 0.15) is 12.3 Å². The molecule has 1 amide bonds. The summed E-state index contributed by atoms with van der Waals surface area (Å²) in [6, 6.07) is 4.94. The van der Waals surface area contributed by atoms with Crippen LogP contribution >= 0.6 is 0 Å². The Morgan fingerprint density at radius 1 is 1.20 bits per heavy atom. The van der Waals surface area contributed by atoms with Crippen LogP contribution in [0.5, 0.6) is 5.75 Å². The van der Waals surface area contributed by atoms with Gasteiger partial charge in [0.2, 0.25) is 0 Å². The Labute approximate surface area is 146 Å². The molecule has 0 heterocycles. The maximum absolute atomic E-state index is 11.2. The van der Waals surface area contributed by atoms with Crippen molar-refractivity contribution in [3.8, 4) is 5.75 Å². The lowest BCUT2D eigenvalue weighted by molar-refractivity contribution is -0.384. The highest BCUT2D eigenvalue weighted by Crippen LogP contribution is 2.17.